The summed E-state index contributed by atoms with van der Waals surface area (Å²) < 4.78 is 58.5. The molecule has 0 spiro atoms. The SMILES string of the molecule is [3H]OCCOCCOc1cc(C(=O)OCC)cc(OCCOCCO[3H])c1OCCOCCO[3H]. The number of hydrogen-bond donors (Lipinski definition) is 3. The lowest BCUT2D eigenvalue weighted by Gasteiger charge is -2.18. The minimum absolute atomic E-state index is 0.131. The maximum atomic E-state index is 12.4. The van der Waals surface area contributed by atoms with E-state index in [1.165, 1.54) is 12.1 Å². The van der Waals surface area contributed by atoms with Gasteiger partial charge in [-0.25, -0.2) is 4.79 Å². The molecule has 0 unspecified atom stereocenters. The van der Waals surface area contributed by atoms with E-state index in [4.69, 9.17) is 37.5 Å². The molecule has 0 aromatic heterocycles. The normalized spacial score (nSPS) is 12.0. The third-order valence-corrected chi connectivity index (χ3v) is 3.66. The Morgan fingerprint density at radius 2 is 1.22 bits per heavy atom. The van der Waals surface area contributed by atoms with Crippen LogP contribution in [0.5, 0.6) is 17.2 Å². The molecule has 0 heterocycles. The predicted octanol–water partition coefficient (Wildman–Crippen LogP) is 0.0264. The van der Waals surface area contributed by atoms with Crippen LogP contribution in [0.2, 0.25) is 0 Å². The molecule has 0 aliphatic heterocycles. The summed E-state index contributed by atoms with van der Waals surface area (Å²) in [7, 11) is 0. The zero-order valence-electron chi connectivity index (χ0n) is 21.3. The van der Waals surface area contributed by atoms with Crippen LogP contribution in [0.3, 0.4) is 0 Å². The van der Waals surface area contributed by atoms with Gasteiger partial charge in [0.15, 0.2) is 11.5 Å². The highest BCUT2D eigenvalue weighted by molar-refractivity contribution is 5.91. The van der Waals surface area contributed by atoms with E-state index in [-0.39, 0.29) is 109 Å². The molecule has 3 N–H and O–H groups in total. The van der Waals surface area contributed by atoms with E-state index in [1.54, 1.807) is 6.92 Å². The fourth-order valence-electron chi connectivity index (χ4n) is 2.37. The molecular formula is C21H34O11. The van der Waals surface area contributed by atoms with Crippen LogP contribution in [0.25, 0.3) is 0 Å². The largest absolute Gasteiger partial charge is 0.487 e. The van der Waals surface area contributed by atoms with Crippen LogP contribution in [0.4, 0.5) is 0 Å². The Morgan fingerprint density at radius 1 is 0.750 bits per heavy atom. The fourth-order valence-corrected chi connectivity index (χ4v) is 2.37. The van der Waals surface area contributed by atoms with E-state index in [2.05, 4.69) is 15.3 Å². The number of ether oxygens (including phenoxy) is 7. The first-order valence-corrected chi connectivity index (χ1v) is 10.4. The van der Waals surface area contributed by atoms with Crippen molar-refractivity contribution < 1.29 is 53.3 Å². The van der Waals surface area contributed by atoms with Gasteiger partial charge in [0.1, 0.15) is 19.8 Å². The number of rotatable bonds is 23. The van der Waals surface area contributed by atoms with E-state index in [9.17, 15) is 4.79 Å². The summed E-state index contributed by atoms with van der Waals surface area (Å²) in [6.07, 6.45) is 0. The second-order valence-corrected chi connectivity index (χ2v) is 6.02. The molecule has 0 fully saturated rings. The van der Waals surface area contributed by atoms with Crippen molar-refractivity contribution in [2.24, 2.45) is 0 Å². The fraction of sp³-hybridized carbons (Fsp3) is 0.667. The van der Waals surface area contributed by atoms with Gasteiger partial charge in [-0.05, 0) is 19.1 Å². The van der Waals surface area contributed by atoms with Crippen molar-refractivity contribution in [2.75, 3.05) is 85.9 Å². The Morgan fingerprint density at radius 3 is 1.66 bits per heavy atom. The Labute approximate surface area is 192 Å². The zero-order valence-corrected chi connectivity index (χ0v) is 18.3. The summed E-state index contributed by atoms with van der Waals surface area (Å²) in [4.78, 5) is 12.4. The van der Waals surface area contributed by atoms with Crippen LogP contribution in [-0.4, -0.2) is 111 Å². The zero-order chi connectivity index (χ0) is 25.6. The van der Waals surface area contributed by atoms with Gasteiger partial charge >= 0.3 is 5.97 Å². The molecule has 0 saturated heterocycles. The molecule has 0 aliphatic carbocycles. The highest BCUT2D eigenvalue weighted by atomic mass is 16.6. The van der Waals surface area contributed by atoms with Gasteiger partial charge in [0.2, 0.25) is 10.0 Å². The summed E-state index contributed by atoms with van der Waals surface area (Å²) in [5, 5.41) is 12.6. The van der Waals surface area contributed by atoms with Crippen molar-refractivity contribution >= 4 is 5.97 Å². The lowest BCUT2D eigenvalue weighted by atomic mass is 10.2. The van der Waals surface area contributed by atoms with Crippen LogP contribution in [-0.2, 0) is 18.9 Å². The second-order valence-electron chi connectivity index (χ2n) is 6.02. The third kappa shape index (κ3) is 11.5. The molecule has 11 nitrogen and oxygen atoms in total. The topological polar surface area (TPSA) is 142 Å². The number of esters is 1. The Bertz CT molecular complexity index is 645. The Hall–Kier alpha value is -2.15. The van der Waals surface area contributed by atoms with Gasteiger partial charge < -0.3 is 48.5 Å². The number of hydrogen-bond acceptors (Lipinski definition) is 11. The van der Waals surface area contributed by atoms with Gasteiger partial charge in [-0.15, -0.1) is 0 Å². The maximum absolute atomic E-state index is 12.4. The Balaban J connectivity index is 2.96. The van der Waals surface area contributed by atoms with Gasteiger partial charge in [0, 0.05) is 0 Å². The number of aliphatic hydroxyl groups excluding tert-OH is 3. The molecule has 0 saturated carbocycles. The van der Waals surface area contributed by atoms with Crippen LogP contribution in [0.15, 0.2) is 12.1 Å². The molecule has 0 radical (unpaired) electrons. The van der Waals surface area contributed by atoms with Crippen molar-refractivity contribution in [3.8, 4) is 17.2 Å². The number of aliphatic hydroxyl groups is 3. The van der Waals surface area contributed by atoms with Crippen molar-refractivity contribution in [3.63, 3.8) is 0 Å². The number of carbonyl (C=O) groups excluding carboxylic acids is 1. The minimum atomic E-state index is -0.555. The van der Waals surface area contributed by atoms with Gasteiger partial charge in [-0.2, -0.15) is 0 Å². The number of carbonyl (C=O) groups is 1. The van der Waals surface area contributed by atoms with Crippen molar-refractivity contribution in [2.45, 2.75) is 6.92 Å². The lowest BCUT2D eigenvalue weighted by molar-refractivity contribution is 0.0520. The van der Waals surface area contributed by atoms with E-state index >= 15 is 0 Å². The molecule has 184 valence electrons. The third-order valence-electron chi connectivity index (χ3n) is 3.66. The van der Waals surface area contributed by atoms with E-state index in [0.717, 1.165) is 0 Å². The molecule has 11 heteroatoms. The average Bonchev–Trinajstić information content (AvgIpc) is 2.86. The first kappa shape index (κ1) is 23.0. The van der Waals surface area contributed by atoms with E-state index in [1.807, 2.05) is 0 Å². The van der Waals surface area contributed by atoms with E-state index < -0.39 is 5.97 Å². The average molecular weight is 469 g/mol. The standard InChI is InChI=1S/C21H34O11/c1-2-29-21(25)17-15-18(30-12-9-26-6-3-22)20(32-14-11-28-8-5-24)19(16-17)31-13-10-27-7-4-23/h15-16,22-24H,2-14H2,1H3/i22T,23T,24T. The lowest BCUT2D eigenvalue weighted by Crippen LogP contribution is -2.15. The first-order chi connectivity index (χ1) is 17.2. The summed E-state index contributed by atoms with van der Waals surface area (Å²) in [6, 6.07) is 2.98. The smallest absolute Gasteiger partial charge is 0.338 e. The maximum Gasteiger partial charge on any atom is 0.338 e. The summed E-state index contributed by atoms with van der Waals surface area (Å²) in [6.45, 7) is 4.04. The summed E-state index contributed by atoms with van der Waals surface area (Å²) in [5.74, 6) is 0.176. The van der Waals surface area contributed by atoms with E-state index in [0.29, 0.717) is 0 Å². The Kier molecular flexibility index (Phi) is 13.3. The summed E-state index contributed by atoms with van der Waals surface area (Å²) in [5.41, 5.74) is 0.208. The van der Waals surface area contributed by atoms with Gasteiger partial charge in [-0.3, -0.25) is 0 Å². The summed E-state index contributed by atoms with van der Waals surface area (Å²) >= 11 is 0. The first-order valence-electron chi connectivity index (χ1n) is 11.6. The number of benzene rings is 1. The predicted molar refractivity (Wildman–Crippen MR) is 113 cm³/mol. The molecule has 1 rings (SSSR count). The van der Waals surface area contributed by atoms with Gasteiger partial charge in [-0.1, -0.05) is 0 Å². The van der Waals surface area contributed by atoms with Crippen molar-refractivity contribution in [1.29, 1.82) is 4.29 Å². The van der Waals surface area contributed by atoms with Crippen LogP contribution >= 0.6 is 0 Å². The van der Waals surface area contributed by atoms with Crippen LogP contribution < -0.4 is 14.2 Å². The minimum Gasteiger partial charge on any atom is -0.487 e. The van der Waals surface area contributed by atoms with Crippen molar-refractivity contribution in [1.82, 2.24) is 0 Å². The second kappa shape index (κ2) is 18.4. The monoisotopic (exact) mass is 468 g/mol. The van der Waals surface area contributed by atoms with Gasteiger partial charge in [0.25, 0.3) is 0 Å². The van der Waals surface area contributed by atoms with Crippen molar-refractivity contribution in [3.05, 3.63) is 17.7 Å². The molecule has 1 aromatic rings. The quantitative estimate of drug-likeness (QED) is 0.148. The van der Waals surface area contributed by atoms with Gasteiger partial charge in [0.05, 0.1) is 71.6 Å². The van der Waals surface area contributed by atoms with Crippen LogP contribution in [0.1, 0.15) is 17.3 Å². The highest BCUT2D eigenvalue weighted by Gasteiger charge is 2.20. The molecule has 0 amide bonds. The molecule has 0 aliphatic rings. The molecule has 0 atom stereocenters. The molecule has 32 heavy (non-hydrogen) atoms. The highest BCUT2D eigenvalue weighted by Crippen LogP contribution is 2.39. The van der Waals surface area contributed by atoms with Crippen LogP contribution in [0, 0.1) is 0 Å². The molecule has 1 aromatic carbocycles. The molecule has 0 bridgehead atoms. The molecular weight excluding hydrogens is 428 g/mol.